The molecule has 2 aromatic carbocycles. The first kappa shape index (κ1) is 16.8. The van der Waals surface area contributed by atoms with Crippen LogP contribution in [0.4, 0.5) is 14.9 Å². The number of halogens is 1. The summed E-state index contributed by atoms with van der Waals surface area (Å²) in [4.78, 5) is 24.8. The van der Waals surface area contributed by atoms with Gasteiger partial charge in [-0.05, 0) is 48.4 Å². The van der Waals surface area contributed by atoms with E-state index < -0.39 is 12.1 Å². The van der Waals surface area contributed by atoms with Gasteiger partial charge in [-0.15, -0.1) is 0 Å². The second-order valence-electron chi connectivity index (χ2n) is 5.75. The molecule has 6 nitrogen and oxygen atoms in total. The highest BCUT2D eigenvalue weighted by Crippen LogP contribution is 2.24. The minimum Gasteiger partial charge on any atom is -0.489 e. The Morgan fingerprint density at radius 3 is 2.72 bits per heavy atom. The number of nitrogens with one attached hydrogen (secondary N) is 1. The third-order valence-corrected chi connectivity index (χ3v) is 3.96. The highest BCUT2D eigenvalue weighted by atomic mass is 19.1. The largest absolute Gasteiger partial charge is 0.489 e. The average Bonchev–Trinajstić information content (AvgIpc) is 2.94. The summed E-state index contributed by atoms with van der Waals surface area (Å²) in [6.45, 7) is 0.762. The van der Waals surface area contributed by atoms with Crippen molar-refractivity contribution in [1.29, 1.82) is 0 Å². The number of nitrogens with zero attached hydrogens (tertiary/aromatic N) is 1. The quantitative estimate of drug-likeness (QED) is 0.873. The van der Waals surface area contributed by atoms with Crippen molar-refractivity contribution in [3.63, 3.8) is 0 Å². The minimum absolute atomic E-state index is 0.188. The Morgan fingerprint density at radius 2 is 2.04 bits per heavy atom. The van der Waals surface area contributed by atoms with Crippen LogP contribution in [0, 0.1) is 5.82 Å². The number of hydrogen-bond donors (Lipinski definition) is 2. The van der Waals surface area contributed by atoms with E-state index in [-0.39, 0.29) is 18.3 Å². The number of anilines is 1. The molecular formula is C18H18FN3O3. The standard InChI is InChI=1S/C18H18FN3O3/c19-13-3-1-2-12(10-13)11-25-15-6-4-14(5-7-15)22-9-8-16(17(22)23)21-18(20)24/h1-7,10,16H,8-9,11H2,(H3,20,21,24). The molecule has 130 valence electrons. The predicted octanol–water partition coefficient (Wildman–Crippen LogP) is 2.18. The van der Waals surface area contributed by atoms with Crippen LogP contribution in [0.5, 0.6) is 5.75 Å². The summed E-state index contributed by atoms with van der Waals surface area (Å²) in [7, 11) is 0. The normalized spacial score (nSPS) is 16.8. The SMILES string of the molecule is NC(=O)NC1CCN(c2ccc(OCc3cccc(F)c3)cc2)C1=O. The molecule has 1 heterocycles. The molecule has 25 heavy (non-hydrogen) atoms. The zero-order valence-corrected chi connectivity index (χ0v) is 13.4. The highest BCUT2D eigenvalue weighted by Gasteiger charge is 2.33. The lowest BCUT2D eigenvalue weighted by atomic mass is 10.2. The van der Waals surface area contributed by atoms with Gasteiger partial charge in [0.25, 0.3) is 0 Å². The number of ether oxygens (including phenoxy) is 1. The van der Waals surface area contributed by atoms with Gasteiger partial charge in [-0.25, -0.2) is 9.18 Å². The van der Waals surface area contributed by atoms with Crippen molar-refractivity contribution in [3.8, 4) is 5.75 Å². The first-order valence-corrected chi connectivity index (χ1v) is 7.87. The van der Waals surface area contributed by atoms with Crippen LogP contribution in [0.1, 0.15) is 12.0 Å². The fourth-order valence-corrected chi connectivity index (χ4v) is 2.76. The number of amides is 3. The lowest BCUT2D eigenvalue weighted by Gasteiger charge is -2.17. The molecule has 0 aliphatic carbocycles. The van der Waals surface area contributed by atoms with Gasteiger partial charge in [0.2, 0.25) is 5.91 Å². The molecule has 1 aliphatic heterocycles. The van der Waals surface area contributed by atoms with Crippen molar-refractivity contribution in [1.82, 2.24) is 5.32 Å². The Kier molecular flexibility index (Phi) is 4.83. The molecule has 1 saturated heterocycles. The maximum Gasteiger partial charge on any atom is 0.312 e. The summed E-state index contributed by atoms with van der Waals surface area (Å²) >= 11 is 0. The predicted molar refractivity (Wildman–Crippen MR) is 90.7 cm³/mol. The molecule has 0 bridgehead atoms. The molecule has 1 atom stereocenters. The number of carbonyl (C=O) groups is 2. The lowest BCUT2D eigenvalue weighted by Crippen LogP contribution is -2.43. The van der Waals surface area contributed by atoms with Gasteiger partial charge in [0.05, 0.1) is 0 Å². The Hall–Kier alpha value is -3.09. The van der Waals surface area contributed by atoms with E-state index in [1.165, 1.54) is 12.1 Å². The fraction of sp³-hybridized carbons (Fsp3) is 0.222. The van der Waals surface area contributed by atoms with Crippen LogP contribution >= 0.6 is 0 Å². The van der Waals surface area contributed by atoms with Crippen LogP contribution in [0.2, 0.25) is 0 Å². The Bertz CT molecular complexity index is 779. The summed E-state index contributed by atoms with van der Waals surface area (Å²) in [5.41, 5.74) is 6.52. The van der Waals surface area contributed by atoms with E-state index in [9.17, 15) is 14.0 Å². The molecule has 0 saturated carbocycles. The first-order valence-electron chi connectivity index (χ1n) is 7.87. The van der Waals surface area contributed by atoms with Gasteiger partial charge in [0.1, 0.15) is 24.2 Å². The molecule has 3 amide bonds. The van der Waals surface area contributed by atoms with E-state index in [2.05, 4.69) is 5.32 Å². The summed E-state index contributed by atoms with van der Waals surface area (Å²) in [6, 6.07) is 12.0. The second kappa shape index (κ2) is 7.21. The van der Waals surface area contributed by atoms with Crippen molar-refractivity contribution in [2.45, 2.75) is 19.1 Å². The summed E-state index contributed by atoms with van der Waals surface area (Å²) in [5.74, 6) is 0.127. The summed E-state index contributed by atoms with van der Waals surface area (Å²) in [5, 5.41) is 2.44. The number of benzene rings is 2. The Morgan fingerprint density at radius 1 is 1.28 bits per heavy atom. The Balaban J connectivity index is 1.61. The second-order valence-corrected chi connectivity index (χ2v) is 5.75. The number of nitrogens with two attached hydrogens (primary N) is 1. The number of urea groups is 1. The monoisotopic (exact) mass is 343 g/mol. The van der Waals surface area contributed by atoms with Gasteiger partial charge in [0, 0.05) is 12.2 Å². The van der Waals surface area contributed by atoms with Gasteiger partial charge in [0.15, 0.2) is 0 Å². The van der Waals surface area contributed by atoms with E-state index >= 15 is 0 Å². The molecule has 0 spiro atoms. The third-order valence-electron chi connectivity index (χ3n) is 3.96. The van der Waals surface area contributed by atoms with Crippen LogP contribution in [-0.2, 0) is 11.4 Å². The van der Waals surface area contributed by atoms with Crippen molar-refractivity contribution in [2.75, 3.05) is 11.4 Å². The molecule has 0 aromatic heterocycles. The molecule has 3 N–H and O–H groups in total. The van der Waals surface area contributed by atoms with Crippen molar-refractivity contribution < 1.29 is 18.7 Å². The maximum atomic E-state index is 13.1. The van der Waals surface area contributed by atoms with Crippen molar-refractivity contribution >= 4 is 17.6 Å². The average molecular weight is 343 g/mol. The van der Waals surface area contributed by atoms with E-state index in [1.54, 1.807) is 41.3 Å². The van der Waals surface area contributed by atoms with Gasteiger partial charge in [-0.3, -0.25) is 4.79 Å². The smallest absolute Gasteiger partial charge is 0.312 e. The summed E-state index contributed by atoms with van der Waals surface area (Å²) < 4.78 is 18.8. The topological polar surface area (TPSA) is 84.7 Å². The fourth-order valence-electron chi connectivity index (χ4n) is 2.76. The van der Waals surface area contributed by atoms with Crippen LogP contribution < -0.4 is 20.7 Å². The minimum atomic E-state index is -0.707. The van der Waals surface area contributed by atoms with Crippen LogP contribution in [0.25, 0.3) is 0 Å². The van der Waals surface area contributed by atoms with Crippen molar-refractivity contribution in [3.05, 3.63) is 59.9 Å². The van der Waals surface area contributed by atoms with E-state index in [1.807, 2.05) is 0 Å². The molecule has 1 aliphatic rings. The van der Waals surface area contributed by atoms with Crippen molar-refractivity contribution in [2.24, 2.45) is 5.73 Å². The molecule has 1 unspecified atom stereocenters. The molecule has 7 heteroatoms. The molecule has 2 aromatic rings. The van der Waals surface area contributed by atoms with Crippen LogP contribution in [0.3, 0.4) is 0 Å². The summed E-state index contributed by atoms with van der Waals surface area (Å²) in [6.07, 6.45) is 0.513. The van der Waals surface area contributed by atoms with Crippen LogP contribution in [-0.4, -0.2) is 24.5 Å². The van der Waals surface area contributed by atoms with Gasteiger partial charge in [-0.2, -0.15) is 0 Å². The zero-order valence-electron chi connectivity index (χ0n) is 13.4. The van der Waals surface area contributed by atoms with E-state index in [0.29, 0.717) is 18.7 Å². The highest BCUT2D eigenvalue weighted by molar-refractivity contribution is 6.01. The first-order chi connectivity index (χ1) is 12.0. The third kappa shape index (κ3) is 4.06. The van der Waals surface area contributed by atoms with Gasteiger partial charge in [-0.1, -0.05) is 12.1 Å². The number of hydrogen-bond acceptors (Lipinski definition) is 3. The van der Waals surface area contributed by atoms with Gasteiger partial charge >= 0.3 is 6.03 Å². The van der Waals surface area contributed by atoms with Crippen LogP contribution in [0.15, 0.2) is 48.5 Å². The molecule has 3 rings (SSSR count). The van der Waals surface area contributed by atoms with Gasteiger partial charge < -0.3 is 20.7 Å². The number of primary amides is 1. The lowest BCUT2D eigenvalue weighted by molar-refractivity contribution is -0.118. The van der Waals surface area contributed by atoms with E-state index in [4.69, 9.17) is 10.5 Å². The molecule has 1 fully saturated rings. The number of rotatable bonds is 5. The number of carbonyl (C=O) groups excluding carboxylic acids is 2. The molecular weight excluding hydrogens is 325 g/mol. The maximum absolute atomic E-state index is 13.1. The van der Waals surface area contributed by atoms with E-state index in [0.717, 1.165) is 11.3 Å². The zero-order chi connectivity index (χ0) is 17.8. The Labute approximate surface area is 144 Å². The molecule has 0 radical (unpaired) electrons.